The Balaban J connectivity index is 2.12. The maximum absolute atomic E-state index is 14.3. The predicted molar refractivity (Wildman–Crippen MR) is 115 cm³/mol. The number of halogens is 3. The van der Waals surface area contributed by atoms with E-state index in [4.69, 9.17) is 9.47 Å². The normalized spacial score (nSPS) is 15.4. The van der Waals surface area contributed by atoms with Crippen molar-refractivity contribution in [3.63, 3.8) is 0 Å². The zero-order valence-electron chi connectivity index (χ0n) is 17.9. The van der Waals surface area contributed by atoms with Crippen molar-refractivity contribution in [1.82, 2.24) is 0 Å². The minimum Gasteiger partial charge on any atom is -0.447 e. The van der Waals surface area contributed by atoms with E-state index >= 15 is 0 Å². The summed E-state index contributed by atoms with van der Waals surface area (Å²) >= 11 is 0. The minimum atomic E-state index is -5.19. The number of rotatable bonds is 8. The molecular weight excluding hydrogens is 439 g/mol. The molecule has 0 aliphatic rings. The van der Waals surface area contributed by atoms with Crippen molar-refractivity contribution in [2.24, 2.45) is 0 Å². The van der Waals surface area contributed by atoms with E-state index in [0.717, 1.165) is 24.6 Å². The quantitative estimate of drug-likeness (QED) is 0.248. The molecule has 3 aromatic rings. The largest absolute Gasteiger partial charge is 0.447 e. The Morgan fingerprint density at radius 1 is 1.00 bits per heavy atom. The number of benzene rings is 3. The van der Waals surface area contributed by atoms with Crippen molar-refractivity contribution >= 4 is 16.7 Å². The molecule has 0 radical (unpaired) electrons. The van der Waals surface area contributed by atoms with Crippen LogP contribution in [0.5, 0.6) is 0 Å². The second-order valence-corrected chi connectivity index (χ2v) is 7.44. The summed E-state index contributed by atoms with van der Waals surface area (Å²) in [5.41, 5.74) is -3.72. The average Bonchev–Trinajstić information content (AvgIpc) is 2.79. The van der Waals surface area contributed by atoms with Crippen LogP contribution in [0, 0.1) is 10.1 Å². The number of hydrogen-bond acceptors (Lipinski definition) is 5. The molecule has 9 heteroatoms. The summed E-state index contributed by atoms with van der Waals surface area (Å²) in [6.45, 7) is 1.50. The zero-order valence-corrected chi connectivity index (χ0v) is 17.9. The maximum Gasteiger partial charge on any atom is 0.432 e. The van der Waals surface area contributed by atoms with Crippen LogP contribution < -0.4 is 0 Å². The highest BCUT2D eigenvalue weighted by Gasteiger charge is 2.64. The van der Waals surface area contributed by atoms with Gasteiger partial charge in [0.25, 0.3) is 11.6 Å². The molecule has 0 heterocycles. The van der Waals surface area contributed by atoms with Crippen molar-refractivity contribution in [3.05, 3.63) is 94.0 Å². The second kappa shape index (κ2) is 9.58. The number of alkyl halides is 3. The molecule has 6 nitrogen and oxygen atoms in total. The smallest absolute Gasteiger partial charge is 0.432 e. The van der Waals surface area contributed by atoms with Crippen molar-refractivity contribution in [3.8, 4) is 0 Å². The van der Waals surface area contributed by atoms with Crippen LogP contribution in [-0.4, -0.2) is 30.2 Å². The van der Waals surface area contributed by atoms with Crippen molar-refractivity contribution in [2.75, 3.05) is 7.11 Å². The molecule has 0 saturated heterocycles. The molecule has 33 heavy (non-hydrogen) atoms. The van der Waals surface area contributed by atoms with Gasteiger partial charge >= 0.3 is 12.1 Å². The molecule has 174 valence electrons. The van der Waals surface area contributed by atoms with Gasteiger partial charge in [-0.1, -0.05) is 73.7 Å². The fourth-order valence-electron chi connectivity index (χ4n) is 3.81. The van der Waals surface area contributed by atoms with Crippen LogP contribution in [0.15, 0.2) is 72.8 Å². The first kappa shape index (κ1) is 24.2. The van der Waals surface area contributed by atoms with E-state index in [9.17, 15) is 28.1 Å². The molecule has 0 unspecified atom stereocenters. The van der Waals surface area contributed by atoms with Gasteiger partial charge in [-0.05, 0) is 16.8 Å². The van der Waals surface area contributed by atoms with Gasteiger partial charge < -0.3 is 9.47 Å². The Hall–Kier alpha value is -3.46. The first-order valence-corrected chi connectivity index (χ1v) is 10.2. The third-order valence-corrected chi connectivity index (χ3v) is 5.55. The van der Waals surface area contributed by atoms with Gasteiger partial charge in [0.05, 0.1) is 0 Å². The zero-order chi connectivity index (χ0) is 24.2. The lowest BCUT2D eigenvalue weighted by Crippen LogP contribution is -2.52. The molecule has 3 rings (SSSR count). The molecule has 3 aromatic carbocycles. The fourth-order valence-corrected chi connectivity index (χ4v) is 3.81. The molecule has 0 bridgehead atoms. The Morgan fingerprint density at radius 2 is 1.61 bits per heavy atom. The number of carbonyl (C=O) groups is 1. The van der Waals surface area contributed by atoms with Crippen LogP contribution in [-0.2, 0) is 19.9 Å². The lowest BCUT2D eigenvalue weighted by atomic mass is 9.92. The highest BCUT2D eigenvalue weighted by molar-refractivity contribution is 5.84. The number of carbonyl (C=O) groups excluding carboxylic acids is 1. The molecule has 0 aliphatic carbocycles. The van der Waals surface area contributed by atoms with Gasteiger partial charge in [-0.15, -0.1) is 0 Å². The van der Waals surface area contributed by atoms with E-state index < -0.39 is 40.4 Å². The Morgan fingerprint density at radius 3 is 2.15 bits per heavy atom. The number of fused-ring (bicyclic) bond motifs is 1. The minimum absolute atomic E-state index is 0.0743. The number of ether oxygens (including phenoxy) is 2. The Labute approximate surface area is 188 Å². The van der Waals surface area contributed by atoms with Crippen LogP contribution in [0.25, 0.3) is 10.8 Å². The van der Waals surface area contributed by atoms with Crippen molar-refractivity contribution in [1.29, 1.82) is 0 Å². The van der Waals surface area contributed by atoms with E-state index in [2.05, 4.69) is 0 Å². The first-order chi connectivity index (χ1) is 15.7. The summed E-state index contributed by atoms with van der Waals surface area (Å²) < 4.78 is 52.8. The fraction of sp³-hybridized carbons (Fsp3) is 0.292. The molecule has 0 N–H and O–H groups in total. The molecule has 0 spiro atoms. The second-order valence-electron chi connectivity index (χ2n) is 7.44. The van der Waals surface area contributed by atoms with Crippen LogP contribution in [0.4, 0.5) is 13.2 Å². The van der Waals surface area contributed by atoms with E-state index in [1.165, 1.54) is 31.2 Å². The summed E-state index contributed by atoms with van der Waals surface area (Å²) in [5.74, 6) is -1.78. The maximum atomic E-state index is 14.3. The number of hydrogen-bond donors (Lipinski definition) is 0. The SMILES string of the molecule is CC[C@@H]([C@H](OC(=O)[C@@](OC)(c1ccccc1)C(F)(F)F)c1ccc2ccccc2c1)[N+](=O)[O-]. The van der Waals surface area contributed by atoms with Gasteiger partial charge in [-0.3, -0.25) is 10.1 Å². The Kier molecular flexibility index (Phi) is 7.02. The average molecular weight is 461 g/mol. The molecule has 0 amide bonds. The number of methoxy groups -OCH3 is 1. The van der Waals surface area contributed by atoms with Gasteiger partial charge in [0.1, 0.15) is 0 Å². The molecular formula is C24H22F3NO5. The molecule has 0 aromatic heterocycles. The van der Waals surface area contributed by atoms with Crippen molar-refractivity contribution in [2.45, 2.75) is 37.3 Å². The summed E-state index contributed by atoms with van der Waals surface area (Å²) in [7, 11) is 0.748. The number of esters is 1. The summed E-state index contributed by atoms with van der Waals surface area (Å²) in [6.07, 6.45) is -6.83. The molecule has 0 saturated carbocycles. The van der Waals surface area contributed by atoms with Crippen LogP contribution in [0.3, 0.4) is 0 Å². The van der Waals surface area contributed by atoms with Crippen LogP contribution >= 0.6 is 0 Å². The first-order valence-electron chi connectivity index (χ1n) is 10.2. The molecule has 0 aliphatic heterocycles. The lowest BCUT2D eigenvalue weighted by Gasteiger charge is -2.34. The van der Waals surface area contributed by atoms with E-state index in [1.807, 2.05) is 12.1 Å². The number of nitrogens with zero attached hydrogens (tertiary/aromatic N) is 1. The van der Waals surface area contributed by atoms with E-state index in [1.54, 1.807) is 24.3 Å². The van der Waals surface area contributed by atoms with Gasteiger partial charge in [-0.25, -0.2) is 4.79 Å². The Bertz CT molecular complexity index is 1140. The van der Waals surface area contributed by atoms with Gasteiger partial charge in [0.2, 0.25) is 0 Å². The lowest BCUT2D eigenvalue weighted by molar-refractivity contribution is -0.536. The number of nitro groups is 1. The standard InChI is InChI=1S/C24H22F3NO5/c1-3-20(28(30)31)21(18-14-13-16-9-7-8-10-17(16)15-18)33-22(29)23(32-2,24(25,26)27)19-11-5-4-6-12-19/h4-15,20-21H,3H2,1-2H3/t20-,21+,23-/m0/s1. The van der Waals surface area contributed by atoms with Crippen LogP contribution in [0.2, 0.25) is 0 Å². The van der Waals surface area contributed by atoms with Crippen LogP contribution in [0.1, 0.15) is 30.6 Å². The topological polar surface area (TPSA) is 78.7 Å². The summed E-state index contributed by atoms with van der Waals surface area (Å²) in [4.78, 5) is 24.2. The van der Waals surface area contributed by atoms with Gasteiger partial charge in [0.15, 0.2) is 6.10 Å². The van der Waals surface area contributed by atoms with E-state index in [0.29, 0.717) is 5.39 Å². The van der Waals surface area contributed by atoms with Gasteiger partial charge in [-0.2, -0.15) is 13.2 Å². The summed E-state index contributed by atoms with van der Waals surface area (Å²) in [6, 6.07) is 16.8. The van der Waals surface area contributed by atoms with E-state index in [-0.39, 0.29) is 12.0 Å². The third kappa shape index (κ3) is 4.54. The molecule has 0 fully saturated rings. The van der Waals surface area contributed by atoms with Crippen molar-refractivity contribution < 1.29 is 32.4 Å². The molecule has 3 atom stereocenters. The monoisotopic (exact) mass is 461 g/mol. The van der Waals surface area contributed by atoms with Gasteiger partial charge in [0, 0.05) is 29.6 Å². The third-order valence-electron chi connectivity index (χ3n) is 5.55. The predicted octanol–water partition coefficient (Wildman–Crippen LogP) is 5.58. The highest BCUT2D eigenvalue weighted by Crippen LogP contribution is 2.44. The highest BCUT2D eigenvalue weighted by atomic mass is 19.4. The summed E-state index contributed by atoms with van der Waals surface area (Å²) in [5, 5.41) is 13.3.